The van der Waals surface area contributed by atoms with Gasteiger partial charge < -0.3 is 18.0 Å². The van der Waals surface area contributed by atoms with Crippen molar-refractivity contribution in [2.24, 2.45) is 0 Å². The minimum atomic E-state index is -0.141. The zero-order valence-corrected chi connectivity index (χ0v) is 44.5. The van der Waals surface area contributed by atoms with Crippen LogP contribution in [-0.2, 0) is 0 Å². The van der Waals surface area contributed by atoms with Crippen LogP contribution >= 0.6 is 0 Å². The van der Waals surface area contributed by atoms with E-state index in [0.29, 0.717) is 0 Å². The van der Waals surface area contributed by atoms with E-state index in [0.717, 1.165) is 66.1 Å². The largest absolute Gasteiger partial charge is 0.456 e. The van der Waals surface area contributed by atoms with Gasteiger partial charge in [0.15, 0.2) is 0 Å². The number of para-hydroxylation sites is 2. The minimum absolute atomic E-state index is 0.141. The number of nitrogens with zero attached hydrogens (tertiary/aromatic N) is 2. The van der Waals surface area contributed by atoms with Gasteiger partial charge in [-0.1, -0.05) is 176 Å². The molecule has 2 aliphatic heterocycles. The minimum Gasteiger partial charge on any atom is -0.456 e. The lowest BCUT2D eigenvalue weighted by Gasteiger charge is -2.34. The van der Waals surface area contributed by atoms with Crippen molar-refractivity contribution in [1.82, 2.24) is 9.13 Å². The number of fused-ring (bicyclic) bond motifs is 30. The number of furan rings is 2. The number of rotatable bonds is 2. The van der Waals surface area contributed by atoms with Crippen LogP contribution in [0.5, 0.6) is 0 Å². The van der Waals surface area contributed by atoms with Crippen LogP contribution in [0.15, 0.2) is 258 Å². The van der Waals surface area contributed by atoms with E-state index in [1.54, 1.807) is 0 Å². The van der Waals surface area contributed by atoms with E-state index >= 15 is 0 Å². The van der Waals surface area contributed by atoms with Crippen LogP contribution in [-0.4, -0.2) is 15.8 Å². The molecule has 0 atom stereocenters. The summed E-state index contributed by atoms with van der Waals surface area (Å²) >= 11 is 0. The molecule has 0 radical (unpaired) electrons. The van der Waals surface area contributed by atoms with Gasteiger partial charge in [-0.2, -0.15) is 0 Å². The summed E-state index contributed by atoms with van der Waals surface area (Å²) in [5.41, 5.74) is 19.4. The summed E-state index contributed by atoms with van der Waals surface area (Å²) in [6, 6.07) is 93.3. The van der Waals surface area contributed by atoms with E-state index in [4.69, 9.17) is 8.83 Å². The van der Waals surface area contributed by atoms with Crippen LogP contribution in [0.1, 0.15) is 0 Å². The zero-order valence-electron chi connectivity index (χ0n) is 44.5. The summed E-state index contributed by atoms with van der Waals surface area (Å²) in [5, 5.41) is 24.8. The standard InChI is InChI=1S/C78H41BN2O2/c1-3-18-50-46(14-1)48-16-5-7-22-56(48)72-58(50)32-34-64-74(72)60-36-44(42-28-30-54-52-20-9-11-26-68(52)82-70(54)40-42)38-62-77(60)80(64)66-24-13-25-67-76(66)79(62)63-39-45(43-29-31-55-53-21-10-12-27-69(53)83-71(55)41-43)37-61-75-65(81(67)78(61)63)35-33-59-51-19-4-2-15-47(51)49-17-6-8-23-57(49)73(59)75/h1-41H. The van der Waals surface area contributed by atoms with Gasteiger partial charge in [0.05, 0.1) is 11.0 Å². The third-order valence-electron chi connectivity index (χ3n) is 19.4. The Morgan fingerprint density at radius 2 is 0.590 bits per heavy atom. The number of hydrogen-bond acceptors (Lipinski definition) is 2. The van der Waals surface area contributed by atoms with Crippen LogP contribution in [0.2, 0.25) is 0 Å². The molecule has 19 aromatic rings. The summed E-state index contributed by atoms with van der Waals surface area (Å²) in [6.45, 7) is -0.141. The fraction of sp³-hybridized carbons (Fsp3) is 0. The Morgan fingerprint density at radius 3 is 1.02 bits per heavy atom. The highest BCUT2D eigenvalue weighted by Crippen LogP contribution is 2.49. The normalized spacial score (nSPS) is 13.0. The van der Waals surface area contributed by atoms with Gasteiger partial charge >= 0.3 is 0 Å². The number of benzene rings is 15. The average Bonchev–Trinajstić information content (AvgIpc) is 1.78. The van der Waals surface area contributed by atoms with Gasteiger partial charge in [0, 0.05) is 76.3 Å². The van der Waals surface area contributed by atoms with Gasteiger partial charge in [0.2, 0.25) is 0 Å². The van der Waals surface area contributed by atoms with Gasteiger partial charge in [-0.25, -0.2) is 0 Å². The molecule has 2 aliphatic rings. The zero-order chi connectivity index (χ0) is 53.5. The molecule has 0 fully saturated rings. The van der Waals surface area contributed by atoms with Crippen LogP contribution in [0, 0.1) is 0 Å². The van der Waals surface area contributed by atoms with Crippen molar-refractivity contribution in [2.45, 2.75) is 0 Å². The van der Waals surface area contributed by atoms with Gasteiger partial charge in [0.1, 0.15) is 22.3 Å². The van der Waals surface area contributed by atoms with E-state index in [9.17, 15) is 0 Å². The van der Waals surface area contributed by atoms with E-state index in [1.807, 2.05) is 0 Å². The van der Waals surface area contributed by atoms with Crippen LogP contribution < -0.4 is 16.4 Å². The molecule has 0 amide bonds. The molecule has 5 heteroatoms. The Kier molecular flexibility index (Phi) is 7.83. The topological polar surface area (TPSA) is 36.1 Å². The molecule has 6 heterocycles. The Bertz CT molecular complexity index is 5820. The van der Waals surface area contributed by atoms with E-state index in [2.05, 4.69) is 258 Å². The average molecular weight is 1050 g/mol. The fourth-order valence-corrected chi connectivity index (χ4v) is 16.1. The molecule has 0 saturated carbocycles. The van der Waals surface area contributed by atoms with Crippen molar-refractivity contribution in [3.8, 4) is 33.6 Å². The first-order valence-electron chi connectivity index (χ1n) is 28.8. The molecule has 0 bridgehead atoms. The SMILES string of the molecule is c1cc2c3c(c1)-n1c4ccc5c6ccccc6c6ccccc6c5c4c4cc(-c5ccc6c(c5)oc5ccccc56)cc(c41)B3c1cc(-c3ccc4c(c3)oc3ccccc34)cc3c4c5c6ccccc6c6ccccc6c5ccc4n-2c13. The van der Waals surface area contributed by atoms with Crippen molar-refractivity contribution in [3.63, 3.8) is 0 Å². The highest BCUT2D eigenvalue weighted by molar-refractivity contribution is 7.00. The van der Waals surface area contributed by atoms with Gasteiger partial charge in [-0.15, -0.1) is 0 Å². The molecule has 0 saturated heterocycles. The molecule has 0 spiro atoms. The maximum Gasteiger partial charge on any atom is 0.252 e. The monoisotopic (exact) mass is 1050 g/mol. The highest BCUT2D eigenvalue weighted by Gasteiger charge is 2.42. The van der Waals surface area contributed by atoms with Crippen molar-refractivity contribution >= 4 is 175 Å². The van der Waals surface area contributed by atoms with Crippen molar-refractivity contribution < 1.29 is 8.83 Å². The predicted molar refractivity (Wildman–Crippen MR) is 350 cm³/mol. The molecule has 0 unspecified atom stereocenters. The summed E-state index contributed by atoms with van der Waals surface area (Å²) in [5.74, 6) is 0. The van der Waals surface area contributed by atoms with Gasteiger partial charge in [-0.05, 0) is 165 Å². The quantitative estimate of drug-likeness (QED) is 0.128. The molecule has 0 aliphatic carbocycles. The molecular weight excluding hydrogens is 1010 g/mol. The second-order valence-electron chi connectivity index (χ2n) is 23.3. The third kappa shape index (κ3) is 5.30. The Hall–Kier alpha value is -10.9. The first kappa shape index (κ1) is 43.0. The van der Waals surface area contributed by atoms with Crippen LogP contribution in [0.3, 0.4) is 0 Å². The lowest BCUT2D eigenvalue weighted by atomic mass is 9.34. The lowest BCUT2D eigenvalue weighted by molar-refractivity contribution is 0.668. The molecule has 15 aromatic carbocycles. The highest BCUT2D eigenvalue weighted by atomic mass is 16.3. The molecule has 4 nitrogen and oxygen atoms in total. The second-order valence-corrected chi connectivity index (χ2v) is 23.3. The second kappa shape index (κ2) is 15.1. The maximum absolute atomic E-state index is 6.68. The maximum atomic E-state index is 6.68. The lowest BCUT2D eigenvalue weighted by Crippen LogP contribution is -2.59. The van der Waals surface area contributed by atoms with Gasteiger partial charge in [0.25, 0.3) is 6.71 Å². The first-order valence-corrected chi connectivity index (χ1v) is 28.8. The van der Waals surface area contributed by atoms with Crippen molar-refractivity contribution in [2.75, 3.05) is 0 Å². The van der Waals surface area contributed by atoms with Gasteiger partial charge in [-0.3, -0.25) is 0 Å². The molecule has 0 N–H and O–H groups in total. The summed E-state index contributed by atoms with van der Waals surface area (Å²) in [7, 11) is 0. The molecular formula is C78H41BN2O2. The molecule has 378 valence electrons. The van der Waals surface area contributed by atoms with E-state index in [1.165, 1.54) is 136 Å². The third-order valence-corrected chi connectivity index (χ3v) is 19.4. The smallest absolute Gasteiger partial charge is 0.252 e. The van der Waals surface area contributed by atoms with Crippen molar-refractivity contribution in [3.05, 3.63) is 249 Å². The summed E-state index contributed by atoms with van der Waals surface area (Å²) < 4.78 is 18.6. The summed E-state index contributed by atoms with van der Waals surface area (Å²) in [6.07, 6.45) is 0. The molecule has 4 aromatic heterocycles. The Balaban J connectivity index is 0.951. The number of hydrogen-bond donors (Lipinski definition) is 0. The van der Waals surface area contributed by atoms with E-state index < -0.39 is 0 Å². The fourth-order valence-electron chi connectivity index (χ4n) is 16.1. The first-order chi connectivity index (χ1) is 41.2. The summed E-state index contributed by atoms with van der Waals surface area (Å²) in [4.78, 5) is 0. The molecule has 21 rings (SSSR count). The van der Waals surface area contributed by atoms with Crippen LogP contribution in [0.25, 0.3) is 186 Å². The Morgan fingerprint density at radius 1 is 0.241 bits per heavy atom. The molecule has 83 heavy (non-hydrogen) atoms. The Labute approximate surface area is 472 Å². The van der Waals surface area contributed by atoms with Crippen molar-refractivity contribution in [1.29, 1.82) is 0 Å². The number of aromatic nitrogens is 2. The van der Waals surface area contributed by atoms with E-state index in [-0.39, 0.29) is 6.71 Å². The predicted octanol–water partition coefficient (Wildman–Crippen LogP) is 19.1. The van der Waals surface area contributed by atoms with Crippen LogP contribution in [0.4, 0.5) is 0 Å².